The van der Waals surface area contributed by atoms with E-state index in [0.717, 1.165) is 25.0 Å². The molecule has 3 heterocycles. The Morgan fingerprint density at radius 3 is 2.90 bits per heavy atom. The Labute approximate surface area is 138 Å². The minimum absolute atomic E-state index is 0. The van der Waals surface area contributed by atoms with Gasteiger partial charge in [0.2, 0.25) is 0 Å². The molecule has 2 atom stereocenters. The predicted molar refractivity (Wildman–Crippen MR) is 90.4 cm³/mol. The molecule has 0 radical (unpaired) electrons. The van der Waals surface area contributed by atoms with E-state index < -0.39 is 0 Å². The van der Waals surface area contributed by atoms with E-state index in [4.69, 9.17) is 4.98 Å². The standard InChI is InChI=1S/C14H23N3S.2ClH/c1-2-3-14-16-13(10-18-14)9-17-7-6-11-4-5-12(8-17)15-11;;/h10-12,15H,2-9H2,1H3;2*1H. The van der Waals surface area contributed by atoms with Crippen molar-refractivity contribution in [3.8, 4) is 0 Å². The maximum absolute atomic E-state index is 4.74. The largest absolute Gasteiger partial charge is 0.310 e. The third kappa shape index (κ3) is 4.57. The van der Waals surface area contributed by atoms with Crippen LogP contribution in [-0.4, -0.2) is 35.1 Å². The molecule has 116 valence electrons. The van der Waals surface area contributed by atoms with Crippen LogP contribution in [0.5, 0.6) is 0 Å². The number of rotatable bonds is 4. The van der Waals surface area contributed by atoms with Crippen molar-refractivity contribution >= 4 is 36.2 Å². The van der Waals surface area contributed by atoms with Crippen molar-refractivity contribution in [2.45, 2.75) is 57.7 Å². The number of nitrogens with one attached hydrogen (secondary N) is 1. The molecule has 2 saturated heterocycles. The second kappa shape index (κ2) is 8.54. The van der Waals surface area contributed by atoms with E-state index >= 15 is 0 Å². The summed E-state index contributed by atoms with van der Waals surface area (Å²) in [6.45, 7) is 5.70. The monoisotopic (exact) mass is 337 g/mol. The number of thiazole rings is 1. The van der Waals surface area contributed by atoms with Crippen LogP contribution in [0.3, 0.4) is 0 Å². The second-order valence-electron chi connectivity index (χ2n) is 5.64. The molecule has 2 fully saturated rings. The van der Waals surface area contributed by atoms with E-state index in [2.05, 4.69) is 22.5 Å². The topological polar surface area (TPSA) is 28.2 Å². The predicted octanol–water partition coefficient (Wildman–Crippen LogP) is 3.27. The minimum Gasteiger partial charge on any atom is -0.310 e. The van der Waals surface area contributed by atoms with Gasteiger partial charge in [-0.05, 0) is 32.1 Å². The Bertz CT molecular complexity index is 400. The Morgan fingerprint density at radius 1 is 1.30 bits per heavy atom. The number of likely N-dealkylation sites (tertiary alicyclic amines) is 1. The Kier molecular flexibility index (Phi) is 7.77. The van der Waals surface area contributed by atoms with Crippen LogP contribution in [-0.2, 0) is 13.0 Å². The molecule has 0 amide bonds. The van der Waals surface area contributed by atoms with Crippen LogP contribution in [0.2, 0.25) is 0 Å². The molecule has 0 saturated carbocycles. The van der Waals surface area contributed by atoms with E-state index in [1.165, 1.54) is 49.5 Å². The van der Waals surface area contributed by atoms with Crippen molar-refractivity contribution in [2.24, 2.45) is 0 Å². The first-order valence-corrected chi connectivity index (χ1v) is 8.13. The SMILES string of the molecule is CCCc1nc(CN2CCC3CCC(C2)N3)cs1.Cl.Cl. The van der Waals surface area contributed by atoms with Gasteiger partial charge in [-0.15, -0.1) is 36.2 Å². The summed E-state index contributed by atoms with van der Waals surface area (Å²) in [6.07, 6.45) is 6.39. The lowest BCUT2D eigenvalue weighted by atomic mass is 10.1. The van der Waals surface area contributed by atoms with E-state index in [0.29, 0.717) is 0 Å². The van der Waals surface area contributed by atoms with Crippen molar-refractivity contribution in [1.82, 2.24) is 15.2 Å². The quantitative estimate of drug-likeness (QED) is 0.913. The fraction of sp³-hybridized carbons (Fsp3) is 0.786. The average Bonchev–Trinajstić information content (AvgIpc) is 2.90. The molecule has 0 aromatic carbocycles. The molecule has 2 aliphatic rings. The summed E-state index contributed by atoms with van der Waals surface area (Å²) in [4.78, 5) is 7.33. The lowest BCUT2D eigenvalue weighted by molar-refractivity contribution is 0.248. The molecule has 2 bridgehead atoms. The number of hydrogen-bond donors (Lipinski definition) is 1. The highest BCUT2D eigenvalue weighted by atomic mass is 35.5. The maximum atomic E-state index is 4.74. The third-order valence-corrected chi connectivity index (χ3v) is 5.01. The normalized spacial score (nSPS) is 25.6. The Balaban J connectivity index is 0.000001000. The number of aryl methyl sites for hydroxylation is 1. The summed E-state index contributed by atoms with van der Waals surface area (Å²) in [6, 6.07) is 1.51. The minimum atomic E-state index is 0. The second-order valence-corrected chi connectivity index (χ2v) is 6.59. The zero-order valence-corrected chi connectivity index (χ0v) is 14.5. The smallest absolute Gasteiger partial charge is 0.0928 e. The van der Waals surface area contributed by atoms with Gasteiger partial charge in [0.1, 0.15) is 0 Å². The van der Waals surface area contributed by atoms with Crippen LogP contribution in [0.1, 0.15) is 43.3 Å². The molecular formula is C14H25Cl2N3S. The lowest BCUT2D eigenvalue weighted by Gasteiger charge is -2.22. The highest BCUT2D eigenvalue weighted by Crippen LogP contribution is 2.22. The summed E-state index contributed by atoms with van der Waals surface area (Å²) < 4.78 is 0. The molecule has 0 aliphatic carbocycles. The van der Waals surface area contributed by atoms with Gasteiger partial charge in [0.15, 0.2) is 0 Å². The maximum Gasteiger partial charge on any atom is 0.0928 e. The van der Waals surface area contributed by atoms with Gasteiger partial charge in [-0.3, -0.25) is 4.90 Å². The Hall–Kier alpha value is 0.130. The van der Waals surface area contributed by atoms with Crippen LogP contribution in [0.15, 0.2) is 5.38 Å². The fourth-order valence-corrected chi connectivity index (χ4v) is 4.03. The molecule has 0 spiro atoms. The van der Waals surface area contributed by atoms with Crippen molar-refractivity contribution in [3.63, 3.8) is 0 Å². The summed E-state index contributed by atoms with van der Waals surface area (Å²) in [7, 11) is 0. The molecule has 20 heavy (non-hydrogen) atoms. The summed E-state index contributed by atoms with van der Waals surface area (Å²) in [5.74, 6) is 0. The highest BCUT2D eigenvalue weighted by molar-refractivity contribution is 7.09. The van der Waals surface area contributed by atoms with Crippen LogP contribution < -0.4 is 5.32 Å². The lowest BCUT2D eigenvalue weighted by Crippen LogP contribution is -2.35. The third-order valence-electron chi connectivity index (χ3n) is 4.06. The van der Waals surface area contributed by atoms with Crippen LogP contribution in [0, 0.1) is 0 Å². The van der Waals surface area contributed by atoms with E-state index in [1.807, 2.05) is 11.3 Å². The first kappa shape index (κ1) is 18.2. The van der Waals surface area contributed by atoms with Crippen molar-refractivity contribution in [1.29, 1.82) is 0 Å². The van der Waals surface area contributed by atoms with E-state index in [-0.39, 0.29) is 24.8 Å². The van der Waals surface area contributed by atoms with Gasteiger partial charge in [0, 0.05) is 37.1 Å². The van der Waals surface area contributed by atoms with Gasteiger partial charge < -0.3 is 5.32 Å². The van der Waals surface area contributed by atoms with Gasteiger partial charge in [-0.1, -0.05) is 6.92 Å². The van der Waals surface area contributed by atoms with Crippen molar-refractivity contribution in [2.75, 3.05) is 13.1 Å². The fourth-order valence-electron chi connectivity index (χ4n) is 3.14. The van der Waals surface area contributed by atoms with Crippen molar-refractivity contribution < 1.29 is 0 Å². The number of aromatic nitrogens is 1. The summed E-state index contributed by atoms with van der Waals surface area (Å²) in [5.41, 5.74) is 1.28. The zero-order chi connectivity index (χ0) is 12.4. The molecule has 2 unspecified atom stereocenters. The molecule has 1 N–H and O–H groups in total. The van der Waals surface area contributed by atoms with Crippen LogP contribution in [0.25, 0.3) is 0 Å². The van der Waals surface area contributed by atoms with Gasteiger partial charge >= 0.3 is 0 Å². The number of halogens is 2. The molecule has 1 aromatic rings. The Morgan fingerprint density at radius 2 is 2.10 bits per heavy atom. The number of fused-ring (bicyclic) bond motifs is 2. The first-order chi connectivity index (χ1) is 8.83. The van der Waals surface area contributed by atoms with Crippen LogP contribution >= 0.6 is 36.2 Å². The van der Waals surface area contributed by atoms with E-state index in [9.17, 15) is 0 Å². The summed E-state index contributed by atoms with van der Waals surface area (Å²) in [5, 5.41) is 7.29. The molecular weight excluding hydrogens is 313 g/mol. The van der Waals surface area contributed by atoms with Gasteiger partial charge in [0.05, 0.1) is 10.7 Å². The van der Waals surface area contributed by atoms with Gasteiger partial charge in [-0.25, -0.2) is 4.98 Å². The molecule has 3 rings (SSSR count). The zero-order valence-electron chi connectivity index (χ0n) is 12.0. The molecule has 1 aromatic heterocycles. The first-order valence-electron chi connectivity index (χ1n) is 7.25. The molecule has 3 nitrogen and oxygen atoms in total. The number of hydrogen-bond acceptors (Lipinski definition) is 4. The van der Waals surface area contributed by atoms with Gasteiger partial charge in [0.25, 0.3) is 0 Å². The average molecular weight is 338 g/mol. The highest BCUT2D eigenvalue weighted by Gasteiger charge is 2.29. The van der Waals surface area contributed by atoms with Gasteiger partial charge in [-0.2, -0.15) is 0 Å². The van der Waals surface area contributed by atoms with Crippen LogP contribution in [0.4, 0.5) is 0 Å². The molecule has 6 heteroatoms. The van der Waals surface area contributed by atoms with Crippen molar-refractivity contribution in [3.05, 3.63) is 16.1 Å². The van der Waals surface area contributed by atoms with E-state index in [1.54, 1.807) is 0 Å². The molecule has 2 aliphatic heterocycles. The summed E-state index contributed by atoms with van der Waals surface area (Å²) >= 11 is 1.83. The number of nitrogens with zero attached hydrogens (tertiary/aromatic N) is 2.